The van der Waals surface area contributed by atoms with Crippen molar-refractivity contribution in [3.8, 4) is 0 Å². The first-order valence-electron chi connectivity index (χ1n) is 6.68. The third-order valence-electron chi connectivity index (χ3n) is 3.06. The standard InChI is InChI=1S/C14H14ClN3O5S/c1-9-10(14(20)23-2)7-18(24(21,22)17-9)8-13(19)16-12-6-4-3-5-11(12)15/h3-7H,8H2,1-2H3,(H,16,19). The van der Waals surface area contributed by atoms with Gasteiger partial charge in [-0.2, -0.15) is 8.42 Å². The zero-order valence-corrected chi connectivity index (χ0v) is 14.4. The second-order valence-electron chi connectivity index (χ2n) is 4.76. The van der Waals surface area contributed by atoms with Crippen molar-refractivity contribution in [1.82, 2.24) is 4.31 Å². The number of methoxy groups -OCH3 is 1. The van der Waals surface area contributed by atoms with Crippen LogP contribution in [-0.4, -0.2) is 44.0 Å². The summed E-state index contributed by atoms with van der Waals surface area (Å²) in [6.45, 7) is 0.798. The molecular formula is C14H14ClN3O5S. The van der Waals surface area contributed by atoms with Gasteiger partial charge in [0.05, 0.1) is 29.1 Å². The van der Waals surface area contributed by atoms with Gasteiger partial charge in [0.1, 0.15) is 6.54 Å². The zero-order valence-electron chi connectivity index (χ0n) is 12.8. The predicted molar refractivity (Wildman–Crippen MR) is 88.9 cm³/mol. The Hall–Kier alpha value is -2.39. The maximum absolute atomic E-state index is 12.1. The molecule has 0 saturated heterocycles. The van der Waals surface area contributed by atoms with E-state index in [2.05, 4.69) is 14.5 Å². The van der Waals surface area contributed by atoms with E-state index >= 15 is 0 Å². The fourth-order valence-corrected chi connectivity index (χ4v) is 3.16. The zero-order chi connectivity index (χ0) is 17.9. The van der Waals surface area contributed by atoms with E-state index < -0.39 is 28.6 Å². The van der Waals surface area contributed by atoms with E-state index in [4.69, 9.17) is 11.6 Å². The lowest BCUT2D eigenvalue weighted by Gasteiger charge is -2.22. The average molecular weight is 372 g/mol. The van der Waals surface area contributed by atoms with Crippen molar-refractivity contribution in [3.63, 3.8) is 0 Å². The number of esters is 1. The van der Waals surface area contributed by atoms with Crippen LogP contribution in [0, 0.1) is 0 Å². The molecule has 24 heavy (non-hydrogen) atoms. The number of hydrogen-bond acceptors (Lipinski definition) is 5. The van der Waals surface area contributed by atoms with Gasteiger partial charge < -0.3 is 10.1 Å². The van der Waals surface area contributed by atoms with Crippen LogP contribution in [0.2, 0.25) is 5.02 Å². The molecule has 128 valence electrons. The van der Waals surface area contributed by atoms with Gasteiger partial charge in [0.2, 0.25) is 5.91 Å². The number of carbonyl (C=O) groups excluding carboxylic acids is 2. The van der Waals surface area contributed by atoms with Gasteiger partial charge in [-0.15, -0.1) is 4.40 Å². The summed E-state index contributed by atoms with van der Waals surface area (Å²) in [6, 6.07) is 6.51. The van der Waals surface area contributed by atoms with Crippen molar-refractivity contribution in [3.05, 3.63) is 41.1 Å². The highest BCUT2D eigenvalue weighted by Crippen LogP contribution is 2.21. The van der Waals surface area contributed by atoms with Gasteiger partial charge in [-0.1, -0.05) is 23.7 Å². The Morgan fingerprint density at radius 3 is 2.62 bits per heavy atom. The van der Waals surface area contributed by atoms with Crippen LogP contribution < -0.4 is 5.32 Å². The van der Waals surface area contributed by atoms with Gasteiger partial charge in [0.25, 0.3) is 0 Å². The molecule has 0 fully saturated rings. The molecular weight excluding hydrogens is 358 g/mol. The lowest BCUT2D eigenvalue weighted by atomic mass is 10.2. The second-order valence-corrected chi connectivity index (χ2v) is 6.72. The Labute approximate surface area is 143 Å². The summed E-state index contributed by atoms with van der Waals surface area (Å²) in [5.74, 6) is -1.38. The Morgan fingerprint density at radius 2 is 2.00 bits per heavy atom. The van der Waals surface area contributed by atoms with Crippen molar-refractivity contribution in [2.24, 2.45) is 4.40 Å². The molecule has 0 aliphatic carbocycles. The number of para-hydroxylation sites is 1. The number of nitrogens with zero attached hydrogens (tertiary/aromatic N) is 2. The molecule has 1 heterocycles. The van der Waals surface area contributed by atoms with Crippen LogP contribution >= 0.6 is 11.6 Å². The van der Waals surface area contributed by atoms with Crippen LogP contribution in [0.5, 0.6) is 0 Å². The quantitative estimate of drug-likeness (QED) is 0.804. The first-order chi connectivity index (χ1) is 11.2. The minimum Gasteiger partial charge on any atom is -0.465 e. The van der Waals surface area contributed by atoms with Crippen LogP contribution in [0.4, 0.5) is 5.69 Å². The number of carbonyl (C=O) groups is 2. The Bertz CT molecular complexity index is 848. The lowest BCUT2D eigenvalue weighted by Crippen LogP contribution is -2.37. The van der Waals surface area contributed by atoms with Gasteiger partial charge in [0.15, 0.2) is 0 Å². The Morgan fingerprint density at radius 1 is 1.33 bits per heavy atom. The lowest BCUT2D eigenvalue weighted by molar-refractivity contribution is -0.135. The molecule has 1 aliphatic rings. The van der Waals surface area contributed by atoms with Gasteiger partial charge in [-0.3, -0.25) is 4.79 Å². The molecule has 8 nitrogen and oxygen atoms in total. The normalized spacial score (nSPS) is 16.0. The summed E-state index contributed by atoms with van der Waals surface area (Å²) < 4.78 is 32.8. The molecule has 2 rings (SSSR count). The van der Waals surface area contributed by atoms with E-state index in [1.165, 1.54) is 6.92 Å². The molecule has 0 bridgehead atoms. The van der Waals surface area contributed by atoms with Crippen LogP contribution in [-0.2, 0) is 24.5 Å². The van der Waals surface area contributed by atoms with Crippen molar-refractivity contribution in [2.75, 3.05) is 19.0 Å². The van der Waals surface area contributed by atoms with E-state index in [1.54, 1.807) is 24.3 Å². The van der Waals surface area contributed by atoms with E-state index in [9.17, 15) is 18.0 Å². The Balaban J connectivity index is 2.21. The van der Waals surface area contributed by atoms with Crippen molar-refractivity contribution in [1.29, 1.82) is 0 Å². The molecule has 1 aromatic rings. The summed E-state index contributed by atoms with van der Waals surface area (Å²) in [6.07, 6.45) is 1.02. The molecule has 1 N–H and O–H groups in total. The number of anilines is 1. The number of rotatable bonds is 4. The first kappa shape index (κ1) is 18.0. The highest BCUT2D eigenvalue weighted by Gasteiger charge is 2.30. The van der Waals surface area contributed by atoms with Crippen molar-refractivity contribution in [2.45, 2.75) is 6.92 Å². The van der Waals surface area contributed by atoms with Gasteiger partial charge in [-0.05, 0) is 19.1 Å². The molecule has 10 heteroatoms. The maximum atomic E-state index is 12.1. The van der Waals surface area contributed by atoms with Crippen molar-refractivity contribution >= 4 is 45.1 Å². The highest BCUT2D eigenvalue weighted by atomic mass is 35.5. The van der Waals surface area contributed by atoms with Crippen LogP contribution in [0.25, 0.3) is 0 Å². The summed E-state index contributed by atoms with van der Waals surface area (Å²) in [5.41, 5.74) is 0.290. The minimum atomic E-state index is -4.10. The number of ether oxygens (including phenoxy) is 1. The van der Waals surface area contributed by atoms with Crippen LogP contribution in [0.15, 0.2) is 40.4 Å². The molecule has 0 spiro atoms. The SMILES string of the molecule is COC(=O)C1=CN(CC(=O)Nc2ccccc2Cl)S(=O)(=O)N=C1C. The average Bonchev–Trinajstić information content (AvgIpc) is 2.51. The monoisotopic (exact) mass is 371 g/mol. The largest absolute Gasteiger partial charge is 0.465 e. The Kier molecular flexibility index (Phi) is 5.25. The fraction of sp³-hybridized carbons (Fsp3) is 0.214. The number of nitrogens with one attached hydrogen (secondary N) is 1. The molecule has 0 unspecified atom stereocenters. The molecule has 0 atom stereocenters. The van der Waals surface area contributed by atoms with Crippen LogP contribution in [0.1, 0.15) is 6.92 Å². The van der Waals surface area contributed by atoms with Gasteiger partial charge in [-0.25, -0.2) is 9.10 Å². The summed E-state index contributed by atoms with van der Waals surface area (Å²) >= 11 is 5.93. The molecule has 0 aromatic heterocycles. The molecule has 1 aromatic carbocycles. The second kappa shape index (κ2) is 7.02. The molecule has 1 amide bonds. The topological polar surface area (TPSA) is 105 Å². The van der Waals surface area contributed by atoms with E-state index in [1.807, 2.05) is 0 Å². The van der Waals surface area contributed by atoms with Gasteiger partial charge >= 0.3 is 16.2 Å². The van der Waals surface area contributed by atoms with E-state index in [-0.39, 0.29) is 11.3 Å². The summed E-state index contributed by atoms with van der Waals surface area (Å²) in [5, 5.41) is 2.81. The molecule has 1 aliphatic heterocycles. The maximum Gasteiger partial charge on any atom is 0.344 e. The number of benzene rings is 1. The van der Waals surface area contributed by atoms with Crippen LogP contribution in [0.3, 0.4) is 0 Å². The minimum absolute atomic E-state index is 0.00962. The van der Waals surface area contributed by atoms with E-state index in [0.29, 0.717) is 15.0 Å². The van der Waals surface area contributed by atoms with E-state index in [0.717, 1.165) is 13.3 Å². The highest BCUT2D eigenvalue weighted by molar-refractivity contribution is 7.88. The number of halogens is 1. The van der Waals surface area contributed by atoms with Gasteiger partial charge in [0, 0.05) is 6.20 Å². The van der Waals surface area contributed by atoms with Crippen molar-refractivity contribution < 1.29 is 22.7 Å². The summed E-state index contributed by atoms with van der Waals surface area (Å²) in [4.78, 5) is 23.7. The molecule has 0 saturated carbocycles. The summed E-state index contributed by atoms with van der Waals surface area (Å²) in [7, 11) is -2.94. The third kappa shape index (κ3) is 3.92. The fourth-order valence-electron chi connectivity index (χ4n) is 1.91. The number of amides is 1. The predicted octanol–water partition coefficient (Wildman–Crippen LogP) is 1.36. The smallest absolute Gasteiger partial charge is 0.344 e. The third-order valence-corrected chi connectivity index (χ3v) is 4.73. The first-order valence-corrected chi connectivity index (χ1v) is 8.45. The molecule has 0 radical (unpaired) electrons. The number of hydrogen-bond donors (Lipinski definition) is 1.